The van der Waals surface area contributed by atoms with E-state index in [-0.39, 0.29) is 12.2 Å². The van der Waals surface area contributed by atoms with Crippen molar-refractivity contribution in [2.45, 2.75) is 19.6 Å². The minimum Gasteiger partial charge on any atom is -0.448 e. The number of esters is 1. The number of hydrogen-bond donors (Lipinski definition) is 1. The fourth-order valence-electron chi connectivity index (χ4n) is 2.32. The Hall–Kier alpha value is -2.70. The topological polar surface area (TPSA) is 68.3 Å². The summed E-state index contributed by atoms with van der Waals surface area (Å²) in [6, 6.07) is 16.8. The predicted molar refractivity (Wildman–Crippen MR) is 106 cm³/mol. The van der Waals surface area contributed by atoms with Gasteiger partial charge in [-0.05, 0) is 18.6 Å². The lowest BCUT2D eigenvalue weighted by molar-refractivity contribution is -0.129. The second kappa shape index (κ2) is 8.79. The smallest absolute Gasteiger partial charge is 0.358 e. The van der Waals surface area contributed by atoms with Crippen LogP contribution in [0.25, 0.3) is 10.6 Å². The summed E-state index contributed by atoms with van der Waals surface area (Å²) in [5.74, 6) is -1.03. The monoisotopic (exact) mass is 400 g/mol. The molecule has 0 saturated carbocycles. The molecule has 0 saturated heterocycles. The lowest BCUT2D eigenvalue weighted by atomic mass is 10.2. The van der Waals surface area contributed by atoms with E-state index in [0.29, 0.717) is 5.02 Å². The van der Waals surface area contributed by atoms with Gasteiger partial charge in [-0.25, -0.2) is 9.78 Å². The molecule has 5 nitrogen and oxygen atoms in total. The van der Waals surface area contributed by atoms with Crippen molar-refractivity contribution in [3.8, 4) is 10.6 Å². The number of amides is 1. The van der Waals surface area contributed by atoms with Crippen LogP contribution in [0, 0.1) is 0 Å². The fraction of sp³-hybridized carbons (Fsp3) is 0.150. The molecule has 0 radical (unpaired) electrons. The molecule has 3 aromatic rings. The zero-order valence-electron chi connectivity index (χ0n) is 14.5. The predicted octanol–water partition coefficient (Wildman–Crippen LogP) is 4.33. The molecule has 1 heterocycles. The van der Waals surface area contributed by atoms with Crippen LogP contribution >= 0.6 is 22.9 Å². The second-order valence-electron chi connectivity index (χ2n) is 5.76. The number of rotatable bonds is 6. The quantitative estimate of drug-likeness (QED) is 0.625. The largest absolute Gasteiger partial charge is 0.448 e. The molecule has 2 aromatic carbocycles. The molecule has 0 spiro atoms. The first-order valence-corrected chi connectivity index (χ1v) is 9.53. The van der Waals surface area contributed by atoms with E-state index in [1.54, 1.807) is 11.4 Å². The van der Waals surface area contributed by atoms with Crippen molar-refractivity contribution in [1.29, 1.82) is 0 Å². The first kappa shape index (κ1) is 19.1. The number of benzene rings is 2. The highest BCUT2D eigenvalue weighted by Crippen LogP contribution is 2.23. The molecule has 0 fully saturated rings. The minimum atomic E-state index is -0.943. The summed E-state index contributed by atoms with van der Waals surface area (Å²) in [6.45, 7) is 1.78. The molecule has 1 N–H and O–H groups in total. The van der Waals surface area contributed by atoms with Gasteiger partial charge in [0.05, 0.1) is 0 Å². The van der Waals surface area contributed by atoms with Crippen LogP contribution in [-0.4, -0.2) is 23.0 Å². The number of halogens is 1. The number of hydrogen-bond acceptors (Lipinski definition) is 5. The second-order valence-corrected chi connectivity index (χ2v) is 7.03. The van der Waals surface area contributed by atoms with Crippen LogP contribution in [0.2, 0.25) is 5.02 Å². The van der Waals surface area contributed by atoms with E-state index in [4.69, 9.17) is 16.3 Å². The van der Waals surface area contributed by atoms with E-state index in [1.807, 2.05) is 48.5 Å². The zero-order valence-corrected chi connectivity index (χ0v) is 16.1. The molecule has 0 unspecified atom stereocenters. The van der Waals surface area contributed by atoms with E-state index in [2.05, 4.69) is 10.3 Å². The highest BCUT2D eigenvalue weighted by atomic mass is 35.5. The maximum absolute atomic E-state index is 12.3. The molecular formula is C20H17ClN2O3S. The van der Waals surface area contributed by atoms with E-state index in [0.717, 1.165) is 16.1 Å². The summed E-state index contributed by atoms with van der Waals surface area (Å²) >= 11 is 7.41. The minimum absolute atomic E-state index is 0.185. The highest BCUT2D eigenvalue weighted by molar-refractivity contribution is 7.13. The zero-order chi connectivity index (χ0) is 19.2. The molecule has 0 aliphatic heterocycles. The SMILES string of the molecule is C[C@@H](OC(=O)c1csc(-c2ccccc2)n1)C(=O)NCc1ccccc1Cl. The molecule has 1 amide bonds. The Balaban J connectivity index is 1.56. The summed E-state index contributed by atoms with van der Waals surface area (Å²) in [6.07, 6.45) is -0.943. The number of carbonyl (C=O) groups is 2. The van der Waals surface area contributed by atoms with E-state index in [9.17, 15) is 9.59 Å². The lowest BCUT2D eigenvalue weighted by Gasteiger charge is -2.13. The Morgan fingerprint density at radius 3 is 2.59 bits per heavy atom. The Morgan fingerprint density at radius 2 is 1.85 bits per heavy atom. The third-order valence-corrected chi connectivity index (χ3v) is 5.06. The fourth-order valence-corrected chi connectivity index (χ4v) is 3.32. The van der Waals surface area contributed by atoms with Crippen LogP contribution in [0.5, 0.6) is 0 Å². The van der Waals surface area contributed by atoms with Gasteiger partial charge in [0.2, 0.25) is 0 Å². The molecular weight excluding hydrogens is 384 g/mol. The van der Waals surface area contributed by atoms with Gasteiger partial charge < -0.3 is 10.1 Å². The van der Waals surface area contributed by atoms with Crippen molar-refractivity contribution in [3.05, 3.63) is 76.3 Å². The summed E-state index contributed by atoms with van der Waals surface area (Å²) in [5.41, 5.74) is 1.90. The van der Waals surface area contributed by atoms with Crippen molar-refractivity contribution in [1.82, 2.24) is 10.3 Å². The molecule has 7 heteroatoms. The van der Waals surface area contributed by atoms with Gasteiger partial charge in [0, 0.05) is 22.5 Å². The number of aromatic nitrogens is 1. The van der Waals surface area contributed by atoms with Gasteiger partial charge >= 0.3 is 5.97 Å². The first-order valence-electron chi connectivity index (χ1n) is 8.27. The number of thiazole rings is 1. The van der Waals surface area contributed by atoms with Crippen LogP contribution in [0.3, 0.4) is 0 Å². The summed E-state index contributed by atoms with van der Waals surface area (Å²) in [5, 5.41) is 5.62. The third kappa shape index (κ3) is 4.93. The Labute approximate surface area is 166 Å². The highest BCUT2D eigenvalue weighted by Gasteiger charge is 2.21. The van der Waals surface area contributed by atoms with Crippen LogP contribution in [0.4, 0.5) is 0 Å². The van der Waals surface area contributed by atoms with Crippen LogP contribution in [0.15, 0.2) is 60.0 Å². The summed E-state index contributed by atoms with van der Waals surface area (Å²) < 4.78 is 5.23. The molecule has 0 aliphatic carbocycles. The van der Waals surface area contributed by atoms with Crippen molar-refractivity contribution in [2.75, 3.05) is 0 Å². The number of carbonyl (C=O) groups excluding carboxylic acids is 2. The third-order valence-electron chi connectivity index (χ3n) is 3.80. The molecule has 27 heavy (non-hydrogen) atoms. The van der Waals surface area contributed by atoms with Gasteiger partial charge in [-0.1, -0.05) is 60.1 Å². The Morgan fingerprint density at radius 1 is 1.15 bits per heavy atom. The average Bonchev–Trinajstić information content (AvgIpc) is 3.18. The van der Waals surface area contributed by atoms with Crippen molar-refractivity contribution in [2.24, 2.45) is 0 Å². The molecule has 138 valence electrons. The van der Waals surface area contributed by atoms with E-state index < -0.39 is 18.0 Å². The average molecular weight is 401 g/mol. The molecule has 1 aromatic heterocycles. The van der Waals surface area contributed by atoms with Crippen LogP contribution in [0.1, 0.15) is 23.0 Å². The Kier molecular flexibility index (Phi) is 6.21. The molecule has 1 atom stereocenters. The van der Waals surface area contributed by atoms with Crippen molar-refractivity contribution in [3.63, 3.8) is 0 Å². The van der Waals surface area contributed by atoms with Crippen molar-refractivity contribution < 1.29 is 14.3 Å². The van der Waals surface area contributed by atoms with Gasteiger partial charge in [0.15, 0.2) is 11.8 Å². The van der Waals surface area contributed by atoms with Gasteiger partial charge in [0.1, 0.15) is 5.01 Å². The molecule has 0 aliphatic rings. The van der Waals surface area contributed by atoms with Gasteiger partial charge in [-0.3, -0.25) is 4.79 Å². The van der Waals surface area contributed by atoms with Crippen LogP contribution in [-0.2, 0) is 16.1 Å². The summed E-state index contributed by atoms with van der Waals surface area (Å²) in [4.78, 5) is 28.7. The lowest BCUT2D eigenvalue weighted by Crippen LogP contribution is -2.35. The maximum Gasteiger partial charge on any atom is 0.358 e. The Bertz CT molecular complexity index is 943. The van der Waals surface area contributed by atoms with Gasteiger partial charge in [-0.15, -0.1) is 11.3 Å². The molecule has 3 rings (SSSR count). The van der Waals surface area contributed by atoms with Gasteiger partial charge in [-0.2, -0.15) is 0 Å². The normalized spacial score (nSPS) is 11.6. The van der Waals surface area contributed by atoms with E-state index >= 15 is 0 Å². The number of nitrogens with zero attached hydrogens (tertiary/aromatic N) is 1. The standard InChI is InChI=1S/C20H17ClN2O3S/c1-13(18(24)22-11-15-9-5-6-10-16(15)21)26-20(25)17-12-27-19(23-17)14-7-3-2-4-8-14/h2-10,12-13H,11H2,1H3,(H,22,24)/t13-/m1/s1. The molecule has 0 bridgehead atoms. The van der Waals surface area contributed by atoms with Crippen molar-refractivity contribution >= 4 is 34.8 Å². The first-order chi connectivity index (χ1) is 13.0. The summed E-state index contributed by atoms with van der Waals surface area (Å²) in [7, 11) is 0. The van der Waals surface area contributed by atoms with E-state index in [1.165, 1.54) is 18.3 Å². The van der Waals surface area contributed by atoms with Crippen LogP contribution < -0.4 is 5.32 Å². The number of ether oxygens (including phenoxy) is 1. The van der Waals surface area contributed by atoms with Gasteiger partial charge in [0.25, 0.3) is 5.91 Å². The maximum atomic E-state index is 12.3. The number of nitrogens with one attached hydrogen (secondary N) is 1.